The number of piperidine rings is 1. The van der Waals surface area contributed by atoms with E-state index < -0.39 is 0 Å². The van der Waals surface area contributed by atoms with Gasteiger partial charge in [-0.3, -0.25) is 4.90 Å². The summed E-state index contributed by atoms with van der Waals surface area (Å²) in [5, 5.41) is 0. The Hall–Kier alpha value is -1.25. The summed E-state index contributed by atoms with van der Waals surface area (Å²) in [5.74, 6) is 0.521. The molecule has 1 aliphatic carbocycles. The number of carbonyl (C=O) groups is 1. The summed E-state index contributed by atoms with van der Waals surface area (Å²) in [6, 6.07) is 0. The number of rotatable bonds is 1. The molecule has 0 spiro atoms. The van der Waals surface area contributed by atoms with E-state index in [1.165, 1.54) is 6.42 Å². The van der Waals surface area contributed by atoms with Crippen LogP contribution in [0, 0.1) is 5.92 Å². The van der Waals surface area contributed by atoms with Crippen LogP contribution in [0.1, 0.15) is 26.2 Å². The van der Waals surface area contributed by atoms with Gasteiger partial charge < -0.3 is 4.74 Å². The second-order valence-corrected chi connectivity index (χ2v) is 3.95. The van der Waals surface area contributed by atoms with Crippen molar-refractivity contribution in [2.24, 2.45) is 5.92 Å². The Morgan fingerprint density at radius 2 is 2.53 bits per heavy atom. The molecule has 1 aliphatic heterocycles. The number of hydrogen-bond acceptors (Lipinski definition) is 2. The van der Waals surface area contributed by atoms with Crippen LogP contribution >= 0.6 is 0 Å². The summed E-state index contributed by atoms with van der Waals surface area (Å²) in [5.41, 5.74) is 1.14. The van der Waals surface area contributed by atoms with E-state index >= 15 is 0 Å². The fraction of sp³-hybridized carbons (Fsp3) is 0.583. The van der Waals surface area contributed by atoms with Gasteiger partial charge in [-0.15, -0.1) is 0 Å². The lowest BCUT2D eigenvalue weighted by atomic mass is 9.88. The Balaban J connectivity index is 2.13. The lowest BCUT2D eigenvalue weighted by molar-refractivity contribution is 0.106. The molecule has 0 bridgehead atoms. The third-order valence-corrected chi connectivity index (χ3v) is 2.98. The van der Waals surface area contributed by atoms with Crippen molar-refractivity contribution in [1.29, 1.82) is 0 Å². The average Bonchev–Trinajstić information content (AvgIpc) is 2.28. The minimum Gasteiger partial charge on any atom is -0.449 e. The molecule has 3 heteroatoms. The molecule has 3 nitrogen and oxygen atoms in total. The number of carbonyl (C=O) groups excluding carboxylic acids is 1. The Kier molecular flexibility index (Phi) is 3.09. The van der Waals surface area contributed by atoms with Gasteiger partial charge in [-0.25, -0.2) is 4.79 Å². The molecule has 0 saturated carbocycles. The third kappa shape index (κ3) is 2.06. The van der Waals surface area contributed by atoms with Gasteiger partial charge in [0.25, 0.3) is 0 Å². The molecule has 1 fully saturated rings. The Bertz CT molecular complexity index is 307. The molecule has 0 aromatic carbocycles. The largest absolute Gasteiger partial charge is 0.449 e. The van der Waals surface area contributed by atoms with Gasteiger partial charge in [-0.05, 0) is 32.3 Å². The Labute approximate surface area is 90.4 Å². The van der Waals surface area contributed by atoms with Gasteiger partial charge in [0.05, 0.1) is 6.61 Å². The monoisotopic (exact) mass is 207 g/mol. The molecule has 15 heavy (non-hydrogen) atoms. The van der Waals surface area contributed by atoms with Gasteiger partial charge in [0.2, 0.25) is 0 Å². The number of amides is 1. The van der Waals surface area contributed by atoms with Crippen molar-refractivity contribution in [3.05, 3.63) is 23.9 Å². The maximum Gasteiger partial charge on any atom is 0.414 e. The first-order chi connectivity index (χ1) is 7.33. The summed E-state index contributed by atoms with van der Waals surface area (Å²) in [7, 11) is 0. The van der Waals surface area contributed by atoms with E-state index in [0.717, 1.165) is 25.1 Å². The molecule has 0 N–H and O–H groups in total. The van der Waals surface area contributed by atoms with E-state index in [-0.39, 0.29) is 6.09 Å². The van der Waals surface area contributed by atoms with Gasteiger partial charge in [0.15, 0.2) is 0 Å². The third-order valence-electron chi connectivity index (χ3n) is 2.98. The van der Waals surface area contributed by atoms with Crippen LogP contribution in [0.5, 0.6) is 0 Å². The highest BCUT2D eigenvalue weighted by molar-refractivity contribution is 5.70. The predicted molar refractivity (Wildman–Crippen MR) is 58.3 cm³/mol. The first-order valence-electron chi connectivity index (χ1n) is 5.64. The van der Waals surface area contributed by atoms with Crippen molar-refractivity contribution in [1.82, 2.24) is 4.90 Å². The van der Waals surface area contributed by atoms with Crippen molar-refractivity contribution in [2.75, 3.05) is 13.2 Å². The fourth-order valence-corrected chi connectivity index (χ4v) is 2.27. The van der Waals surface area contributed by atoms with Crippen LogP contribution in [0.2, 0.25) is 0 Å². The summed E-state index contributed by atoms with van der Waals surface area (Å²) in [6.45, 7) is 3.09. The van der Waals surface area contributed by atoms with Crippen molar-refractivity contribution in [3.63, 3.8) is 0 Å². The molecule has 1 unspecified atom stereocenters. The summed E-state index contributed by atoms with van der Waals surface area (Å²) < 4.78 is 5.05. The van der Waals surface area contributed by atoms with Gasteiger partial charge in [0.1, 0.15) is 0 Å². The van der Waals surface area contributed by atoms with Crippen molar-refractivity contribution in [2.45, 2.75) is 26.2 Å². The molecule has 1 saturated heterocycles. The minimum absolute atomic E-state index is 0.191. The number of allylic oxidation sites excluding steroid dienone is 4. The topological polar surface area (TPSA) is 29.5 Å². The summed E-state index contributed by atoms with van der Waals surface area (Å²) in [4.78, 5) is 13.5. The molecule has 1 atom stereocenters. The van der Waals surface area contributed by atoms with Gasteiger partial charge in [-0.1, -0.05) is 12.2 Å². The fourth-order valence-electron chi connectivity index (χ4n) is 2.27. The number of hydrogen-bond donors (Lipinski definition) is 0. The SMILES string of the molecule is CCOC(=O)N1CCCC2CC=CC=C21. The van der Waals surface area contributed by atoms with E-state index in [1.54, 1.807) is 4.90 Å². The summed E-state index contributed by atoms with van der Waals surface area (Å²) in [6.07, 6.45) is 9.38. The van der Waals surface area contributed by atoms with Crippen LogP contribution in [-0.4, -0.2) is 24.1 Å². The molecule has 1 heterocycles. The Morgan fingerprint density at radius 3 is 3.33 bits per heavy atom. The molecule has 2 aliphatic rings. The first kappa shape index (κ1) is 10.3. The zero-order valence-corrected chi connectivity index (χ0v) is 9.11. The second kappa shape index (κ2) is 4.51. The highest BCUT2D eigenvalue weighted by Gasteiger charge is 2.29. The maximum absolute atomic E-state index is 11.7. The van der Waals surface area contributed by atoms with Crippen molar-refractivity contribution < 1.29 is 9.53 Å². The number of ether oxygens (including phenoxy) is 1. The lowest BCUT2D eigenvalue weighted by Gasteiger charge is -2.35. The number of likely N-dealkylation sites (tertiary alicyclic amines) is 1. The van der Waals surface area contributed by atoms with Crippen LogP contribution in [0.25, 0.3) is 0 Å². The highest BCUT2D eigenvalue weighted by atomic mass is 16.6. The summed E-state index contributed by atoms with van der Waals surface area (Å²) >= 11 is 0. The van der Waals surface area contributed by atoms with E-state index in [4.69, 9.17) is 4.74 Å². The lowest BCUT2D eigenvalue weighted by Crippen LogP contribution is -2.38. The molecule has 0 aromatic rings. The van der Waals surface area contributed by atoms with Gasteiger partial charge in [-0.2, -0.15) is 0 Å². The highest BCUT2D eigenvalue weighted by Crippen LogP contribution is 2.32. The molecular weight excluding hydrogens is 190 g/mol. The van der Waals surface area contributed by atoms with Crippen LogP contribution in [0.3, 0.4) is 0 Å². The van der Waals surface area contributed by atoms with Gasteiger partial charge in [0, 0.05) is 18.2 Å². The van der Waals surface area contributed by atoms with Crippen LogP contribution in [0.15, 0.2) is 23.9 Å². The zero-order valence-electron chi connectivity index (χ0n) is 9.11. The first-order valence-corrected chi connectivity index (χ1v) is 5.64. The van der Waals surface area contributed by atoms with Crippen molar-refractivity contribution >= 4 is 6.09 Å². The van der Waals surface area contributed by atoms with Gasteiger partial charge >= 0.3 is 6.09 Å². The maximum atomic E-state index is 11.7. The van der Waals surface area contributed by atoms with Crippen molar-refractivity contribution in [3.8, 4) is 0 Å². The smallest absolute Gasteiger partial charge is 0.414 e. The van der Waals surface area contributed by atoms with Crippen LogP contribution < -0.4 is 0 Å². The molecule has 1 amide bonds. The van der Waals surface area contributed by atoms with E-state index in [1.807, 2.05) is 19.1 Å². The van der Waals surface area contributed by atoms with E-state index in [0.29, 0.717) is 12.5 Å². The zero-order chi connectivity index (χ0) is 10.7. The molecule has 0 aromatic heterocycles. The van der Waals surface area contributed by atoms with Crippen LogP contribution in [-0.2, 0) is 4.74 Å². The second-order valence-electron chi connectivity index (χ2n) is 3.95. The molecule has 2 rings (SSSR count). The minimum atomic E-state index is -0.191. The molecular formula is C12H17NO2. The predicted octanol–water partition coefficient (Wildman–Crippen LogP) is 2.70. The van der Waals surface area contributed by atoms with E-state index in [2.05, 4.69) is 6.08 Å². The standard InChI is InChI=1S/C12H17NO2/c1-2-15-12(14)13-9-5-7-10-6-3-4-8-11(10)13/h3-4,8,10H,2,5-7,9H2,1H3. The normalized spacial score (nSPS) is 24.5. The molecule has 0 radical (unpaired) electrons. The average molecular weight is 207 g/mol. The molecule has 82 valence electrons. The Morgan fingerprint density at radius 1 is 1.67 bits per heavy atom. The van der Waals surface area contributed by atoms with E-state index in [9.17, 15) is 4.79 Å². The quantitative estimate of drug-likeness (QED) is 0.661. The van der Waals surface area contributed by atoms with Crippen LogP contribution in [0.4, 0.5) is 4.79 Å². The number of nitrogens with zero attached hydrogens (tertiary/aromatic N) is 1. The number of fused-ring (bicyclic) bond motifs is 1.